The topological polar surface area (TPSA) is 27.0 Å². The molecule has 0 aromatic carbocycles. The SMILES string of the molecule is CCC(CBr)CN(CCC#N)C(C)C. The fourth-order valence-electron chi connectivity index (χ4n) is 1.37. The van der Waals surface area contributed by atoms with Crippen LogP contribution in [0.5, 0.6) is 0 Å². The van der Waals surface area contributed by atoms with Crippen LogP contribution in [0.25, 0.3) is 0 Å². The smallest absolute Gasteiger partial charge is 0.0635 e. The van der Waals surface area contributed by atoms with Gasteiger partial charge in [0.2, 0.25) is 0 Å². The number of nitrogens with zero attached hydrogens (tertiary/aromatic N) is 2. The molecule has 0 fully saturated rings. The molecule has 0 aliphatic heterocycles. The van der Waals surface area contributed by atoms with E-state index in [-0.39, 0.29) is 0 Å². The molecule has 2 nitrogen and oxygen atoms in total. The number of hydrogen-bond acceptors (Lipinski definition) is 2. The minimum absolute atomic E-state index is 0.538. The first-order valence-electron chi connectivity index (χ1n) is 5.32. The number of hydrogen-bond donors (Lipinski definition) is 0. The van der Waals surface area contributed by atoms with Crippen molar-refractivity contribution in [2.24, 2.45) is 5.92 Å². The zero-order chi connectivity index (χ0) is 11.0. The van der Waals surface area contributed by atoms with E-state index in [0.29, 0.717) is 18.4 Å². The van der Waals surface area contributed by atoms with E-state index in [1.165, 1.54) is 6.42 Å². The van der Waals surface area contributed by atoms with Crippen LogP contribution in [-0.2, 0) is 0 Å². The molecule has 0 radical (unpaired) electrons. The summed E-state index contributed by atoms with van der Waals surface area (Å²) in [7, 11) is 0. The van der Waals surface area contributed by atoms with Crippen molar-refractivity contribution >= 4 is 15.9 Å². The van der Waals surface area contributed by atoms with E-state index in [4.69, 9.17) is 5.26 Å². The van der Waals surface area contributed by atoms with Crippen molar-refractivity contribution < 1.29 is 0 Å². The summed E-state index contributed by atoms with van der Waals surface area (Å²) < 4.78 is 0. The molecule has 0 rings (SSSR count). The summed E-state index contributed by atoms with van der Waals surface area (Å²) in [6, 6.07) is 2.75. The van der Waals surface area contributed by atoms with Crippen molar-refractivity contribution in [3.8, 4) is 6.07 Å². The molecular formula is C11H21BrN2. The van der Waals surface area contributed by atoms with Crippen molar-refractivity contribution in [3.05, 3.63) is 0 Å². The molecule has 0 aromatic rings. The predicted octanol–water partition coefficient (Wildman–Crippen LogP) is 3.03. The van der Waals surface area contributed by atoms with E-state index in [9.17, 15) is 0 Å². The van der Waals surface area contributed by atoms with Crippen molar-refractivity contribution in [3.63, 3.8) is 0 Å². The maximum Gasteiger partial charge on any atom is 0.0635 e. The summed E-state index contributed by atoms with van der Waals surface area (Å²) in [6.45, 7) is 8.60. The molecule has 3 heteroatoms. The summed E-state index contributed by atoms with van der Waals surface area (Å²) in [5.41, 5.74) is 0. The van der Waals surface area contributed by atoms with Gasteiger partial charge in [-0.1, -0.05) is 29.3 Å². The van der Waals surface area contributed by atoms with E-state index in [1.807, 2.05) is 0 Å². The Balaban J connectivity index is 4.01. The van der Waals surface area contributed by atoms with Crippen molar-refractivity contribution in [2.45, 2.75) is 39.7 Å². The largest absolute Gasteiger partial charge is 0.300 e. The highest BCUT2D eigenvalue weighted by atomic mass is 79.9. The van der Waals surface area contributed by atoms with Crippen molar-refractivity contribution in [1.29, 1.82) is 5.26 Å². The highest BCUT2D eigenvalue weighted by molar-refractivity contribution is 9.09. The molecule has 14 heavy (non-hydrogen) atoms. The van der Waals surface area contributed by atoms with Crippen molar-refractivity contribution in [1.82, 2.24) is 4.90 Å². The summed E-state index contributed by atoms with van der Waals surface area (Å²) in [5.74, 6) is 0.705. The first-order chi connectivity index (χ1) is 6.65. The van der Waals surface area contributed by atoms with Crippen LogP contribution in [0.3, 0.4) is 0 Å². The number of rotatable bonds is 7. The molecule has 1 atom stereocenters. The van der Waals surface area contributed by atoms with Crippen LogP contribution in [0.4, 0.5) is 0 Å². The Labute approximate surface area is 96.4 Å². The van der Waals surface area contributed by atoms with Gasteiger partial charge in [-0.15, -0.1) is 0 Å². The molecule has 0 spiro atoms. The molecule has 0 aliphatic carbocycles. The summed E-state index contributed by atoms with van der Waals surface area (Å²) >= 11 is 3.53. The zero-order valence-electron chi connectivity index (χ0n) is 9.46. The van der Waals surface area contributed by atoms with E-state index in [1.54, 1.807) is 0 Å². The zero-order valence-corrected chi connectivity index (χ0v) is 11.0. The van der Waals surface area contributed by atoms with E-state index < -0.39 is 0 Å². The Hall–Kier alpha value is -0.0700. The van der Waals surface area contributed by atoms with Crippen LogP contribution in [0.1, 0.15) is 33.6 Å². The maximum atomic E-state index is 8.56. The monoisotopic (exact) mass is 260 g/mol. The van der Waals surface area contributed by atoms with Crippen LogP contribution < -0.4 is 0 Å². The summed E-state index contributed by atoms with van der Waals surface area (Å²) in [5, 5.41) is 9.61. The minimum Gasteiger partial charge on any atom is -0.300 e. The molecule has 0 N–H and O–H groups in total. The van der Waals surface area contributed by atoms with Gasteiger partial charge < -0.3 is 0 Å². The molecule has 82 valence electrons. The first kappa shape index (κ1) is 13.9. The molecule has 0 amide bonds. The Morgan fingerprint density at radius 1 is 1.43 bits per heavy atom. The predicted molar refractivity (Wildman–Crippen MR) is 64.5 cm³/mol. The van der Waals surface area contributed by atoms with Gasteiger partial charge in [0.25, 0.3) is 0 Å². The average molecular weight is 261 g/mol. The molecule has 0 bridgehead atoms. The van der Waals surface area contributed by atoms with Gasteiger partial charge in [-0.25, -0.2) is 0 Å². The number of alkyl halides is 1. The van der Waals surface area contributed by atoms with Gasteiger partial charge in [-0.3, -0.25) is 4.90 Å². The van der Waals surface area contributed by atoms with Gasteiger partial charge in [0, 0.05) is 30.9 Å². The van der Waals surface area contributed by atoms with Crippen LogP contribution in [0.2, 0.25) is 0 Å². The normalized spacial score (nSPS) is 13.2. The van der Waals surface area contributed by atoms with E-state index in [0.717, 1.165) is 18.4 Å². The second-order valence-corrected chi connectivity index (χ2v) is 4.57. The van der Waals surface area contributed by atoms with Gasteiger partial charge in [-0.05, 0) is 19.8 Å². The Bertz CT molecular complexity index is 171. The maximum absolute atomic E-state index is 8.56. The third kappa shape index (κ3) is 5.62. The minimum atomic E-state index is 0.538. The average Bonchev–Trinajstić information content (AvgIpc) is 2.18. The lowest BCUT2D eigenvalue weighted by molar-refractivity contribution is 0.196. The standard InChI is InChI=1S/C11H21BrN2/c1-4-11(8-12)9-14(10(2)3)7-5-6-13/h10-11H,4-5,7-9H2,1-3H3. The van der Waals surface area contributed by atoms with Crippen LogP contribution >= 0.6 is 15.9 Å². The lowest BCUT2D eigenvalue weighted by Gasteiger charge is -2.28. The van der Waals surface area contributed by atoms with Gasteiger partial charge >= 0.3 is 0 Å². The summed E-state index contributed by atoms with van der Waals surface area (Å²) in [4.78, 5) is 2.39. The molecule has 0 aliphatic rings. The molecule has 0 saturated heterocycles. The van der Waals surface area contributed by atoms with Gasteiger partial charge in [0.05, 0.1) is 6.07 Å². The van der Waals surface area contributed by atoms with Gasteiger partial charge in [0.1, 0.15) is 0 Å². The quantitative estimate of drug-likeness (QED) is 0.659. The van der Waals surface area contributed by atoms with Crippen LogP contribution in [-0.4, -0.2) is 29.4 Å². The third-order valence-corrected chi connectivity index (χ3v) is 3.45. The third-order valence-electron chi connectivity index (χ3n) is 2.53. The molecule has 0 saturated carbocycles. The lowest BCUT2D eigenvalue weighted by atomic mass is 10.1. The van der Waals surface area contributed by atoms with E-state index in [2.05, 4.69) is 47.7 Å². The van der Waals surface area contributed by atoms with Crippen molar-refractivity contribution in [2.75, 3.05) is 18.4 Å². The Kier molecular flexibility index (Phi) is 8.21. The van der Waals surface area contributed by atoms with Crippen LogP contribution in [0, 0.1) is 17.2 Å². The Morgan fingerprint density at radius 3 is 2.43 bits per heavy atom. The molecular weight excluding hydrogens is 240 g/mol. The lowest BCUT2D eigenvalue weighted by Crippen LogP contribution is -2.36. The Morgan fingerprint density at radius 2 is 2.07 bits per heavy atom. The fourth-order valence-corrected chi connectivity index (χ4v) is 2.04. The second kappa shape index (κ2) is 8.26. The molecule has 0 aromatic heterocycles. The molecule has 1 unspecified atom stereocenters. The van der Waals surface area contributed by atoms with Crippen LogP contribution in [0.15, 0.2) is 0 Å². The molecule has 0 heterocycles. The van der Waals surface area contributed by atoms with Gasteiger partial charge in [0.15, 0.2) is 0 Å². The highest BCUT2D eigenvalue weighted by Crippen LogP contribution is 2.11. The number of halogens is 1. The number of nitriles is 1. The summed E-state index contributed by atoms with van der Waals surface area (Å²) in [6.07, 6.45) is 1.83. The fraction of sp³-hybridized carbons (Fsp3) is 0.909. The van der Waals surface area contributed by atoms with E-state index >= 15 is 0 Å². The highest BCUT2D eigenvalue weighted by Gasteiger charge is 2.13. The second-order valence-electron chi connectivity index (χ2n) is 3.93. The first-order valence-corrected chi connectivity index (χ1v) is 6.44. The van der Waals surface area contributed by atoms with Gasteiger partial charge in [-0.2, -0.15) is 5.26 Å².